The zero-order valence-electron chi connectivity index (χ0n) is 14.3. The predicted molar refractivity (Wildman–Crippen MR) is 93.9 cm³/mol. The largest absolute Gasteiger partial charge is 0.358 e. The maximum Gasteiger partial charge on any atom is 0.254 e. The summed E-state index contributed by atoms with van der Waals surface area (Å²) in [7, 11) is 3.63. The number of hydrogen-bond acceptors (Lipinski definition) is 3. The minimum Gasteiger partial charge on any atom is -0.358 e. The third kappa shape index (κ3) is 3.28. The Bertz CT molecular complexity index is 753. The lowest BCUT2D eigenvalue weighted by atomic mass is 10.1. The van der Waals surface area contributed by atoms with Crippen molar-refractivity contribution in [2.75, 3.05) is 39.8 Å². The zero-order valence-corrected chi connectivity index (χ0v) is 14.3. The number of carbonyl (C=O) groups is 2. The van der Waals surface area contributed by atoms with Crippen LogP contribution in [-0.4, -0.2) is 66.0 Å². The maximum absolute atomic E-state index is 13.0. The summed E-state index contributed by atoms with van der Waals surface area (Å²) in [5.74, 6) is 0.0948. The first-order valence-electron chi connectivity index (χ1n) is 8.36. The van der Waals surface area contributed by atoms with Crippen molar-refractivity contribution in [1.82, 2.24) is 19.7 Å². The van der Waals surface area contributed by atoms with E-state index in [1.165, 1.54) is 0 Å². The fourth-order valence-electron chi connectivity index (χ4n) is 3.27. The average Bonchev–Trinajstić information content (AvgIpc) is 2.82. The smallest absolute Gasteiger partial charge is 0.254 e. The van der Waals surface area contributed by atoms with Gasteiger partial charge in [0.1, 0.15) is 0 Å². The fraction of sp³-hybridized carbons (Fsp3) is 0.444. The molecule has 0 unspecified atom stereocenters. The van der Waals surface area contributed by atoms with Gasteiger partial charge in [-0.05, 0) is 24.6 Å². The van der Waals surface area contributed by atoms with Crippen LogP contribution < -0.4 is 5.32 Å². The molecule has 3 rings (SSSR count). The molecule has 0 spiro atoms. The van der Waals surface area contributed by atoms with Gasteiger partial charge in [-0.25, -0.2) is 0 Å². The summed E-state index contributed by atoms with van der Waals surface area (Å²) >= 11 is 0. The molecule has 24 heavy (non-hydrogen) atoms. The molecule has 0 saturated carbocycles. The van der Waals surface area contributed by atoms with E-state index < -0.39 is 0 Å². The first kappa shape index (κ1) is 16.5. The van der Waals surface area contributed by atoms with Gasteiger partial charge in [-0.2, -0.15) is 0 Å². The molecule has 128 valence electrons. The highest BCUT2D eigenvalue weighted by Crippen LogP contribution is 2.21. The van der Waals surface area contributed by atoms with Gasteiger partial charge in [0, 0.05) is 62.9 Å². The van der Waals surface area contributed by atoms with Crippen LogP contribution in [-0.2, 0) is 11.8 Å². The summed E-state index contributed by atoms with van der Waals surface area (Å²) in [5.41, 5.74) is 1.82. The second-order valence-corrected chi connectivity index (χ2v) is 6.26. The number of carbonyl (C=O) groups excluding carboxylic acids is 2. The van der Waals surface area contributed by atoms with E-state index in [1.807, 2.05) is 47.0 Å². The molecular formula is C18H24N4O2. The lowest BCUT2D eigenvalue weighted by Crippen LogP contribution is -2.39. The normalized spacial score (nSPS) is 16.2. The second-order valence-electron chi connectivity index (χ2n) is 6.26. The molecule has 1 aromatic heterocycles. The lowest BCUT2D eigenvalue weighted by molar-refractivity contribution is -0.121. The van der Waals surface area contributed by atoms with Crippen LogP contribution in [0.2, 0.25) is 0 Å². The van der Waals surface area contributed by atoms with Crippen LogP contribution >= 0.6 is 0 Å². The third-order valence-electron chi connectivity index (χ3n) is 4.68. The van der Waals surface area contributed by atoms with Crippen molar-refractivity contribution in [3.05, 3.63) is 36.0 Å². The molecule has 2 amide bonds. The number of nitrogens with zero attached hydrogens (tertiary/aromatic N) is 3. The Balaban J connectivity index is 1.74. The molecular weight excluding hydrogens is 304 g/mol. The van der Waals surface area contributed by atoms with Crippen molar-refractivity contribution in [1.29, 1.82) is 0 Å². The fourth-order valence-corrected chi connectivity index (χ4v) is 3.27. The van der Waals surface area contributed by atoms with Gasteiger partial charge in [-0.3, -0.25) is 14.5 Å². The number of rotatable bonds is 3. The predicted octanol–water partition coefficient (Wildman–Crippen LogP) is 1.07. The average molecular weight is 328 g/mol. The Labute approximate surface area is 142 Å². The molecule has 1 saturated heterocycles. The monoisotopic (exact) mass is 328 g/mol. The van der Waals surface area contributed by atoms with Crippen LogP contribution in [0.3, 0.4) is 0 Å². The molecule has 1 fully saturated rings. The van der Waals surface area contributed by atoms with E-state index in [1.54, 1.807) is 7.05 Å². The molecule has 0 aliphatic carbocycles. The van der Waals surface area contributed by atoms with Gasteiger partial charge in [0.15, 0.2) is 0 Å². The molecule has 6 heteroatoms. The number of hydrogen-bond donors (Lipinski definition) is 1. The second kappa shape index (κ2) is 7.05. The number of likely N-dealkylation sites (N-methyl/N-ethyl adjacent to an activating group) is 1. The van der Waals surface area contributed by atoms with E-state index in [4.69, 9.17) is 0 Å². The number of fused-ring (bicyclic) bond motifs is 1. The van der Waals surface area contributed by atoms with Crippen LogP contribution in [0.5, 0.6) is 0 Å². The topological polar surface area (TPSA) is 57.6 Å². The Morgan fingerprint density at radius 3 is 2.75 bits per heavy atom. The minimum absolute atomic E-state index is 0.0174. The van der Waals surface area contributed by atoms with Gasteiger partial charge >= 0.3 is 0 Å². The molecule has 1 aliphatic heterocycles. The molecule has 2 aromatic rings. The molecule has 2 heterocycles. The highest BCUT2D eigenvalue weighted by molar-refractivity contribution is 6.06. The summed E-state index contributed by atoms with van der Waals surface area (Å²) in [6.07, 6.45) is 2.86. The first-order chi connectivity index (χ1) is 11.6. The summed E-state index contributed by atoms with van der Waals surface area (Å²) in [5, 5.41) is 3.65. The van der Waals surface area contributed by atoms with E-state index in [-0.39, 0.29) is 11.8 Å². The molecule has 6 nitrogen and oxygen atoms in total. The van der Waals surface area contributed by atoms with E-state index >= 15 is 0 Å². The quantitative estimate of drug-likeness (QED) is 0.917. The van der Waals surface area contributed by atoms with Gasteiger partial charge in [0.05, 0.1) is 6.54 Å². The number of benzene rings is 1. The highest BCUT2D eigenvalue weighted by Gasteiger charge is 2.22. The van der Waals surface area contributed by atoms with Gasteiger partial charge in [-0.15, -0.1) is 0 Å². The van der Waals surface area contributed by atoms with Gasteiger partial charge < -0.3 is 14.8 Å². The van der Waals surface area contributed by atoms with E-state index in [0.29, 0.717) is 13.1 Å². The molecule has 1 N–H and O–H groups in total. The van der Waals surface area contributed by atoms with Crippen LogP contribution in [0.25, 0.3) is 10.9 Å². The third-order valence-corrected chi connectivity index (χ3v) is 4.68. The Kier molecular flexibility index (Phi) is 4.85. The SMILES string of the molecule is CNC(=O)CN1CCCN(C(=O)c2cccc3c2ccn3C)CC1. The molecule has 0 bridgehead atoms. The van der Waals surface area contributed by atoms with Gasteiger partial charge in [0.2, 0.25) is 5.91 Å². The number of nitrogens with one attached hydrogen (secondary N) is 1. The van der Waals surface area contributed by atoms with E-state index in [9.17, 15) is 9.59 Å². The molecule has 1 aliphatic rings. The summed E-state index contributed by atoms with van der Waals surface area (Å²) in [6.45, 7) is 3.34. The Morgan fingerprint density at radius 2 is 1.96 bits per heavy atom. The van der Waals surface area contributed by atoms with Crippen molar-refractivity contribution in [3.8, 4) is 0 Å². The number of aromatic nitrogens is 1. The lowest BCUT2D eigenvalue weighted by Gasteiger charge is -2.22. The summed E-state index contributed by atoms with van der Waals surface area (Å²) < 4.78 is 2.03. The van der Waals surface area contributed by atoms with Crippen LogP contribution in [0.1, 0.15) is 16.8 Å². The number of aryl methyl sites for hydroxylation is 1. The van der Waals surface area contributed by atoms with Gasteiger partial charge in [-0.1, -0.05) is 6.07 Å². The van der Waals surface area contributed by atoms with E-state index in [2.05, 4.69) is 10.2 Å². The standard InChI is InChI=1S/C18H24N4O2/c1-19-17(23)13-21-8-4-9-22(12-11-21)18(24)15-5-3-6-16-14(15)7-10-20(16)2/h3,5-7,10H,4,8-9,11-13H2,1-2H3,(H,19,23). The molecule has 0 atom stereocenters. The van der Waals surface area contributed by atoms with Crippen LogP contribution in [0.4, 0.5) is 0 Å². The summed E-state index contributed by atoms with van der Waals surface area (Å²) in [6, 6.07) is 7.86. The van der Waals surface area contributed by atoms with Crippen molar-refractivity contribution < 1.29 is 9.59 Å². The van der Waals surface area contributed by atoms with Crippen molar-refractivity contribution in [3.63, 3.8) is 0 Å². The molecule has 0 radical (unpaired) electrons. The Morgan fingerprint density at radius 1 is 1.12 bits per heavy atom. The maximum atomic E-state index is 13.0. The van der Waals surface area contributed by atoms with Crippen molar-refractivity contribution in [2.24, 2.45) is 7.05 Å². The first-order valence-corrected chi connectivity index (χ1v) is 8.36. The van der Waals surface area contributed by atoms with Crippen molar-refractivity contribution in [2.45, 2.75) is 6.42 Å². The zero-order chi connectivity index (χ0) is 17.1. The van der Waals surface area contributed by atoms with Crippen LogP contribution in [0, 0.1) is 0 Å². The van der Waals surface area contributed by atoms with E-state index in [0.717, 1.165) is 42.5 Å². The van der Waals surface area contributed by atoms with Crippen molar-refractivity contribution >= 4 is 22.7 Å². The number of amides is 2. The van der Waals surface area contributed by atoms with Crippen LogP contribution in [0.15, 0.2) is 30.5 Å². The minimum atomic E-state index is 0.0174. The van der Waals surface area contributed by atoms with Gasteiger partial charge in [0.25, 0.3) is 5.91 Å². The highest BCUT2D eigenvalue weighted by atomic mass is 16.2. The summed E-state index contributed by atoms with van der Waals surface area (Å²) in [4.78, 5) is 28.5. The molecule has 1 aromatic carbocycles. The Hall–Kier alpha value is -2.34.